The van der Waals surface area contributed by atoms with Crippen LogP contribution >= 0.6 is 0 Å². The molecular weight excluding hydrogens is 192 g/mol. The van der Waals surface area contributed by atoms with Crippen molar-refractivity contribution in [3.8, 4) is 0 Å². The topological polar surface area (TPSA) is 62.2 Å². The maximum absolute atomic E-state index is 11.2. The standard InChI is InChI=1S/C11H14N2O2/c14-10(15)11(5-3-7-13-11)8-9-4-1-2-6-12-9/h1-2,4,6,13H,3,5,7-8H2,(H,14,15). The van der Waals surface area contributed by atoms with Crippen molar-refractivity contribution in [2.45, 2.75) is 24.8 Å². The molecule has 1 aromatic rings. The summed E-state index contributed by atoms with van der Waals surface area (Å²) in [7, 11) is 0. The van der Waals surface area contributed by atoms with Crippen LogP contribution in [0, 0.1) is 0 Å². The first kappa shape index (κ1) is 10.1. The number of aliphatic carboxylic acids is 1. The molecule has 1 aromatic heterocycles. The minimum atomic E-state index is -0.797. The Kier molecular flexibility index (Phi) is 2.68. The summed E-state index contributed by atoms with van der Waals surface area (Å²) in [6.45, 7) is 0.777. The minimum Gasteiger partial charge on any atom is -0.480 e. The number of carbonyl (C=O) groups is 1. The second kappa shape index (κ2) is 3.98. The van der Waals surface area contributed by atoms with Crippen molar-refractivity contribution < 1.29 is 9.90 Å². The van der Waals surface area contributed by atoms with Gasteiger partial charge in [-0.2, -0.15) is 0 Å². The number of hydrogen-bond acceptors (Lipinski definition) is 3. The Morgan fingerprint density at radius 2 is 2.47 bits per heavy atom. The maximum Gasteiger partial charge on any atom is 0.324 e. The number of hydrogen-bond donors (Lipinski definition) is 2. The van der Waals surface area contributed by atoms with Gasteiger partial charge < -0.3 is 10.4 Å². The number of carboxylic acid groups (broad SMARTS) is 1. The molecule has 2 N–H and O–H groups in total. The minimum absolute atomic E-state index is 0.461. The Morgan fingerprint density at radius 1 is 1.60 bits per heavy atom. The fourth-order valence-corrected chi connectivity index (χ4v) is 2.03. The maximum atomic E-state index is 11.2. The monoisotopic (exact) mass is 206 g/mol. The highest BCUT2D eigenvalue weighted by Crippen LogP contribution is 2.23. The van der Waals surface area contributed by atoms with Gasteiger partial charge in [0.15, 0.2) is 0 Å². The molecular formula is C11H14N2O2. The van der Waals surface area contributed by atoms with Gasteiger partial charge in [0.2, 0.25) is 0 Å². The molecule has 0 aromatic carbocycles. The molecule has 80 valence electrons. The molecule has 0 amide bonds. The zero-order valence-electron chi connectivity index (χ0n) is 8.44. The molecule has 1 fully saturated rings. The molecule has 4 nitrogen and oxygen atoms in total. The van der Waals surface area contributed by atoms with Crippen LogP contribution in [0.2, 0.25) is 0 Å². The van der Waals surface area contributed by atoms with E-state index in [-0.39, 0.29) is 0 Å². The van der Waals surface area contributed by atoms with Crippen LogP contribution in [-0.4, -0.2) is 28.1 Å². The van der Waals surface area contributed by atoms with Crippen LogP contribution < -0.4 is 5.32 Å². The molecule has 0 aliphatic carbocycles. The van der Waals surface area contributed by atoms with Crippen molar-refractivity contribution in [1.82, 2.24) is 10.3 Å². The molecule has 1 unspecified atom stereocenters. The average molecular weight is 206 g/mol. The first-order valence-corrected chi connectivity index (χ1v) is 5.11. The van der Waals surface area contributed by atoms with Gasteiger partial charge in [-0.15, -0.1) is 0 Å². The van der Waals surface area contributed by atoms with Crippen molar-refractivity contribution in [3.05, 3.63) is 30.1 Å². The zero-order chi connectivity index (χ0) is 10.7. The lowest BCUT2D eigenvalue weighted by Gasteiger charge is -2.23. The van der Waals surface area contributed by atoms with E-state index in [9.17, 15) is 9.90 Å². The predicted octanol–water partition coefficient (Wildman–Crippen LogP) is 0.831. The van der Waals surface area contributed by atoms with E-state index in [4.69, 9.17) is 0 Å². The molecule has 1 atom stereocenters. The van der Waals surface area contributed by atoms with E-state index in [1.807, 2.05) is 18.2 Å². The van der Waals surface area contributed by atoms with Gasteiger partial charge in [-0.25, -0.2) is 0 Å². The van der Waals surface area contributed by atoms with Crippen LogP contribution in [0.25, 0.3) is 0 Å². The van der Waals surface area contributed by atoms with Crippen LogP contribution in [-0.2, 0) is 11.2 Å². The molecule has 2 heterocycles. The van der Waals surface area contributed by atoms with E-state index in [0.29, 0.717) is 12.8 Å². The number of nitrogens with zero attached hydrogens (tertiary/aromatic N) is 1. The smallest absolute Gasteiger partial charge is 0.324 e. The Labute approximate surface area is 88.3 Å². The molecule has 1 saturated heterocycles. The van der Waals surface area contributed by atoms with Gasteiger partial charge in [0.25, 0.3) is 0 Å². The second-order valence-corrected chi connectivity index (χ2v) is 3.92. The van der Waals surface area contributed by atoms with Gasteiger partial charge in [-0.3, -0.25) is 9.78 Å². The van der Waals surface area contributed by atoms with Gasteiger partial charge in [0.05, 0.1) is 0 Å². The first-order chi connectivity index (χ1) is 7.23. The van der Waals surface area contributed by atoms with E-state index < -0.39 is 11.5 Å². The van der Waals surface area contributed by atoms with E-state index in [1.165, 1.54) is 0 Å². The molecule has 15 heavy (non-hydrogen) atoms. The van der Waals surface area contributed by atoms with Gasteiger partial charge in [0, 0.05) is 18.3 Å². The summed E-state index contributed by atoms with van der Waals surface area (Å²) in [6, 6.07) is 5.58. The summed E-state index contributed by atoms with van der Waals surface area (Å²) in [6.07, 6.45) is 3.75. The van der Waals surface area contributed by atoms with Gasteiger partial charge >= 0.3 is 5.97 Å². The normalized spacial score (nSPS) is 25.3. The molecule has 0 spiro atoms. The van der Waals surface area contributed by atoms with Crippen molar-refractivity contribution >= 4 is 5.97 Å². The lowest BCUT2D eigenvalue weighted by Crippen LogP contribution is -2.49. The lowest BCUT2D eigenvalue weighted by molar-refractivity contribution is -0.144. The average Bonchev–Trinajstić information content (AvgIpc) is 2.69. The fraction of sp³-hybridized carbons (Fsp3) is 0.455. The Bertz CT molecular complexity index is 345. The highest BCUT2D eigenvalue weighted by Gasteiger charge is 2.41. The number of rotatable bonds is 3. The number of nitrogens with one attached hydrogen (secondary N) is 1. The highest BCUT2D eigenvalue weighted by molar-refractivity contribution is 5.79. The molecule has 1 aliphatic rings. The van der Waals surface area contributed by atoms with Crippen LogP contribution in [0.3, 0.4) is 0 Å². The predicted molar refractivity (Wildman–Crippen MR) is 55.5 cm³/mol. The summed E-state index contributed by atoms with van der Waals surface area (Å²) < 4.78 is 0. The van der Waals surface area contributed by atoms with Crippen molar-refractivity contribution in [2.75, 3.05) is 6.54 Å². The number of pyridine rings is 1. The Morgan fingerprint density at radius 3 is 3.00 bits per heavy atom. The molecule has 2 rings (SSSR count). The molecule has 0 radical (unpaired) electrons. The van der Waals surface area contributed by atoms with E-state index in [1.54, 1.807) is 6.20 Å². The fourth-order valence-electron chi connectivity index (χ4n) is 2.03. The quantitative estimate of drug-likeness (QED) is 0.769. The lowest BCUT2D eigenvalue weighted by atomic mass is 9.91. The largest absolute Gasteiger partial charge is 0.480 e. The van der Waals surface area contributed by atoms with Gasteiger partial charge in [-0.05, 0) is 31.5 Å². The molecule has 1 aliphatic heterocycles. The molecule has 0 saturated carbocycles. The molecule has 4 heteroatoms. The summed E-state index contributed by atoms with van der Waals surface area (Å²) in [5, 5.41) is 12.3. The third kappa shape index (κ3) is 1.99. The number of carboxylic acids is 1. The highest BCUT2D eigenvalue weighted by atomic mass is 16.4. The van der Waals surface area contributed by atoms with E-state index in [2.05, 4.69) is 10.3 Å². The van der Waals surface area contributed by atoms with Crippen LogP contribution in [0.5, 0.6) is 0 Å². The van der Waals surface area contributed by atoms with Crippen molar-refractivity contribution in [3.63, 3.8) is 0 Å². The second-order valence-electron chi connectivity index (χ2n) is 3.92. The molecule has 0 bridgehead atoms. The van der Waals surface area contributed by atoms with Crippen LogP contribution in [0.15, 0.2) is 24.4 Å². The van der Waals surface area contributed by atoms with Gasteiger partial charge in [-0.1, -0.05) is 6.07 Å². The summed E-state index contributed by atoms with van der Waals surface area (Å²) in [5.41, 5.74) is 0.0308. The van der Waals surface area contributed by atoms with Crippen LogP contribution in [0.4, 0.5) is 0 Å². The van der Waals surface area contributed by atoms with Crippen LogP contribution in [0.1, 0.15) is 18.5 Å². The van der Waals surface area contributed by atoms with Gasteiger partial charge in [0.1, 0.15) is 5.54 Å². The first-order valence-electron chi connectivity index (χ1n) is 5.11. The summed E-state index contributed by atoms with van der Waals surface area (Å²) in [4.78, 5) is 15.4. The zero-order valence-corrected chi connectivity index (χ0v) is 8.44. The Hall–Kier alpha value is -1.42. The van der Waals surface area contributed by atoms with E-state index in [0.717, 1.165) is 18.7 Å². The van der Waals surface area contributed by atoms with Crippen molar-refractivity contribution in [2.24, 2.45) is 0 Å². The Balaban J connectivity index is 2.18. The number of aromatic nitrogens is 1. The van der Waals surface area contributed by atoms with E-state index >= 15 is 0 Å². The SMILES string of the molecule is O=C(O)C1(Cc2ccccn2)CCCN1. The summed E-state index contributed by atoms with van der Waals surface area (Å²) >= 11 is 0. The summed E-state index contributed by atoms with van der Waals surface area (Å²) in [5.74, 6) is -0.773. The third-order valence-electron chi connectivity index (χ3n) is 2.86. The third-order valence-corrected chi connectivity index (χ3v) is 2.86. The van der Waals surface area contributed by atoms with Crippen molar-refractivity contribution in [1.29, 1.82) is 0 Å².